The van der Waals surface area contributed by atoms with Crippen molar-refractivity contribution in [2.45, 2.75) is 26.7 Å². The largest absolute Gasteiger partial charge is 0.496 e. The van der Waals surface area contributed by atoms with Gasteiger partial charge >= 0.3 is 0 Å². The third-order valence-corrected chi connectivity index (χ3v) is 6.38. The smallest absolute Gasteiger partial charge is 0.257 e. The lowest BCUT2D eigenvalue weighted by molar-refractivity contribution is 0.0534. The van der Waals surface area contributed by atoms with Crippen LogP contribution in [0.15, 0.2) is 48.7 Å². The molecule has 1 saturated heterocycles. The number of hydrogen-bond donors (Lipinski definition) is 0. The summed E-state index contributed by atoms with van der Waals surface area (Å²) in [7, 11) is 1.60. The predicted octanol–water partition coefficient (Wildman–Crippen LogP) is 4.56. The standard InChI is InChI=1S/C26H29ClN4O3/c1-17(2)24-22(16-28-31(24)21-7-5-6-20(27)15-21)26(33)30-12-10-29(11-13-30)25(32)19-9-8-18(3)23(14-19)34-4/h5-9,14-17H,10-13H2,1-4H3. The van der Waals surface area contributed by atoms with E-state index in [1.54, 1.807) is 33.9 Å². The molecular weight excluding hydrogens is 452 g/mol. The summed E-state index contributed by atoms with van der Waals surface area (Å²) >= 11 is 6.17. The van der Waals surface area contributed by atoms with Gasteiger partial charge in [-0.3, -0.25) is 9.59 Å². The number of methoxy groups -OCH3 is 1. The molecule has 1 fully saturated rings. The number of hydrogen-bond acceptors (Lipinski definition) is 4. The topological polar surface area (TPSA) is 67.7 Å². The van der Waals surface area contributed by atoms with Crippen molar-refractivity contribution in [1.82, 2.24) is 19.6 Å². The van der Waals surface area contributed by atoms with Crippen LogP contribution in [0.5, 0.6) is 5.75 Å². The normalized spacial score (nSPS) is 13.9. The number of amides is 2. The van der Waals surface area contributed by atoms with E-state index in [9.17, 15) is 9.59 Å². The first-order chi connectivity index (χ1) is 16.3. The fourth-order valence-electron chi connectivity index (χ4n) is 4.31. The van der Waals surface area contributed by atoms with Crippen molar-refractivity contribution in [3.05, 3.63) is 76.1 Å². The van der Waals surface area contributed by atoms with Crippen molar-refractivity contribution in [3.8, 4) is 11.4 Å². The maximum Gasteiger partial charge on any atom is 0.257 e. The van der Waals surface area contributed by atoms with Crippen LogP contribution >= 0.6 is 11.6 Å². The van der Waals surface area contributed by atoms with Gasteiger partial charge in [0.1, 0.15) is 5.75 Å². The number of carbonyl (C=O) groups excluding carboxylic acids is 2. The molecule has 0 unspecified atom stereocenters. The summed E-state index contributed by atoms with van der Waals surface area (Å²) in [5.74, 6) is 0.653. The fourth-order valence-corrected chi connectivity index (χ4v) is 4.49. The van der Waals surface area contributed by atoms with Gasteiger partial charge in [0.2, 0.25) is 0 Å². The van der Waals surface area contributed by atoms with Crippen LogP contribution in [0.3, 0.4) is 0 Å². The third-order valence-electron chi connectivity index (χ3n) is 6.15. The maximum atomic E-state index is 13.4. The van der Waals surface area contributed by atoms with Gasteiger partial charge in [-0.1, -0.05) is 37.6 Å². The van der Waals surface area contributed by atoms with Crippen LogP contribution in [-0.2, 0) is 0 Å². The third kappa shape index (κ3) is 4.66. The average molecular weight is 481 g/mol. The molecular formula is C26H29ClN4O3. The molecule has 178 valence electrons. The van der Waals surface area contributed by atoms with Crippen LogP contribution in [0, 0.1) is 6.92 Å². The quantitative estimate of drug-likeness (QED) is 0.536. The Morgan fingerprint density at radius 3 is 2.29 bits per heavy atom. The van der Waals surface area contributed by atoms with Gasteiger partial charge in [0.15, 0.2) is 0 Å². The van der Waals surface area contributed by atoms with E-state index in [-0.39, 0.29) is 17.7 Å². The summed E-state index contributed by atoms with van der Waals surface area (Å²) < 4.78 is 7.14. The minimum atomic E-state index is -0.0684. The highest BCUT2D eigenvalue weighted by Crippen LogP contribution is 2.26. The van der Waals surface area contributed by atoms with E-state index >= 15 is 0 Å². The van der Waals surface area contributed by atoms with Crippen LogP contribution in [0.2, 0.25) is 5.02 Å². The first kappa shape index (κ1) is 23.8. The Labute approximate surface area is 204 Å². The number of ether oxygens (including phenoxy) is 1. The summed E-state index contributed by atoms with van der Waals surface area (Å²) in [6.45, 7) is 7.90. The number of benzene rings is 2. The molecule has 0 saturated carbocycles. The molecule has 8 heteroatoms. The van der Waals surface area contributed by atoms with E-state index in [0.717, 1.165) is 16.9 Å². The summed E-state index contributed by atoms with van der Waals surface area (Å²) in [5.41, 5.74) is 3.82. The molecule has 2 amide bonds. The average Bonchev–Trinajstić information content (AvgIpc) is 3.29. The molecule has 4 rings (SSSR count). The molecule has 0 radical (unpaired) electrons. The fraction of sp³-hybridized carbons (Fsp3) is 0.346. The number of halogens is 1. The van der Waals surface area contributed by atoms with Gasteiger partial charge in [-0.2, -0.15) is 5.10 Å². The summed E-state index contributed by atoms with van der Waals surface area (Å²) in [4.78, 5) is 30.0. The highest BCUT2D eigenvalue weighted by atomic mass is 35.5. The highest BCUT2D eigenvalue weighted by Gasteiger charge is 2.29. The molecule has 0 atom stereocenters. The molecule has 34 heavy (non-hydrogen) atoms. The Morgan fingerprint density at radius 1 is 1.00 bits per heavy atom. The second-order valence-electron chi connectivity index (χ2n) is 8.76. The number of rotatable bonds is 5. The molecule has 2 aromatic carbocycles. The van der Waals surface area contributed by atoms with E-state index < -0.39 is 0 Å². The van der Waals surface area contributed by atoms with Crippen LogP contribution in [0.25, 0.3) is 5.69 Å². The van der Waals surface area contributed by atoms with Gasteiger partial charge in [0.25, 0.3) is 11.8 Å². The molecule has 1 aromatic heterocycles. The number of aryl methyl sites for hydroxylation is 1. The summed E-state index contributed by atoms with van der Waals surface area (Å²) in [6, 6.07) is 12.9. The molecule has 1 aliphatic heterocycles. The first-order valence-electron chi connectivity index (χ1n) is 11.4. The molecule has 3 aromatic rings. The Bertz CT molecular complexity index is 1210. The van der Waals surface area contributed by atoms with Crippen LogP contribution in [0.1, 0.15) is 51.7 Å². The number of carbonyl (C=O) groups is 2. The maximum absolute atomic E-state index is 13.4. The van der Waals surface area contributed by atoms with E-state index in [4.69, 9.17) is 16.3 Å². The molecule has 0 spiro atoms. The van der Waals surface area contributed by atoms with Crippen molar-refractivity contribution < 1.29 is 14.3 Å². The number of nitrogens with zero attached hydrogens (tertiary/aromatic N) is 4. The zero-order valence-corrected chi connectivity index (χ0v) is 20.7. The van der Waals surface area contributed by atoms with Gasteiger partial charge in [0.05, 0.1) is 30.3 Å². The van der Waals surface area contributed by atoms with E-state index in [1.165, 1.54) is 0 Å². The Kier molecular flexibility index (Phi) is 6.93. The molecule has 2 heterocycles. The van der Waals surface area contributed by atoms with Gasteiger partial charge in [-0.15, -0.1) is 0 Å². The lowest BCUT2D eigenvalue weighted by Gasteiger charge is -2.35. The van der Waals surface area contributed by atoms with Crippen molar-refractivity contribution in [2.24, 2.45) is 0 Å². The van der Waals surface area contributed by atoms with Crippen LogP contribution in [-0.4, -0.2) is 64.7 Å². The summed E-state index contributed by atoms with van der Waals surface area (Å²) in [5, 5.41) is 5.12. The van der Waals surface area contributed by atoms with Crippen molar-refractivity contribution in [3.63, 3.8) is 0 Å². The SMILES string of the molecule is COc1cc(C(=O)N2CCN(C(=O)c3cnn(-c4cccc(Cl)c4)c3C(C)C)CC2)ccc1C. The molecule has 0 aliphatic carbocycles. The monoisotopic (exact) mass is 480 g/mol. The van der Waals surface area contributed by atoms with E-state index in [1.807, 2.05) is 57.2 Å². The van der Waals surface area contributed by atoms with Crippen molar-refractivity contribution >= 4 is 23.4 Å². The number of aromatic nitrogens is 2. The lowest BCUT2D eigenvalue weighted by atomic mass is 10.0. The number of piperazine rings is 1. The van der Waals surface area contributed by atoms with E-state index in [2.05, 4.69) is 5.10 Å². The lowest BCUT2D eigenvalue weighted by Crippen LogP contribution is -2.50. The Morgan fingerprint density at radius 2 is 1.68 bits per heavy atom. The highest BCUT2D eigenvalue weighted by molar-refractivity contribution is 6.30. The second-order valence-corrected chi connectivity index (χ2v) is 9.20. The molecule has 1 aliphatic rings. The Balaban J connectivity index is 1.49. The Hall–Kier alpha value is -3.32. The summed E-state index contributed by atoms with van der Waals surface area (Å²) in [6.07, 6.45) is 1.63. The molecule has 7 nitrogen and oxygen atoms in total. The zero-order valence-electron chi connectivity index (χ0n) is 19.9. The first-order valence-corrected chi connectivity index (χ1v) is 11.7. The van der Waals surface area contributed by atoms with E-state index in [0.29, 0.717) is 48.1 Å². The van der Waals surface area contributed by atoms with Gasteiger partial charge in [0, 0.05) is 36.8 Å². The van der Waals surface area contributed by atoms with Crippen LogP contribution in [0.4, 0.5) is 0 Å². The minimum absolute atomic E-state index is 0.0537. The van der Waals surface area contributed by atoms with Gasteiger partial charge in [-0.05, 0) is 48.7 Å². The molecule has 0 bridgehead atoms. The molecule has 0 N–H and O–H groups in total. The van der Waals surface area contributed by atoms with Gasteiger partial charge in [-0.25, -0.2) is 4.68 Å². The minimum Gasteiger partial charge on any atom is -0.496 e. The predicted molar refractivity (Wildman–Crippen MR) is 132 cm³/mol. The van der Waals surface area contributed by atoms with Crippen molar-refractivity contribution in [1.29, 1.82) is 0 Å². The van der Waals surface area contributed by atoms with Crippen LogP contribution < -0.4 is 4.74 Å². The zero-order chi connectivity index (χ0) is 24.4. The van der Waals surface area contributed by atoms with Gasteiger partial charge < -0.3 is 14.5 Å². The second kappa shape index (κ2) is 9.89. The van der Waals surface area contributed by atoms with Crippen molar-refractivity contribution in [2.75, 3.05) is 33.3 Å².